The average molecular weight is 634 g/mol. The van der Waals surface area contributed by atoms with E-state index >= 15 is 4.39 Å². The molecule has 44 heavy (non-hydrogen) atoms. The number of rotatable bonds is 6. The zero-order valence-electron chi connectivity index (χ0n) is 24.5. The number of anilines is 2. The van der Waals surface area contributed by atoms with Crippen molar-refractivity contribution in [1.29, 1.82) is 0 Å². The summed E-state index contributed by atoms with van der Waals surface area (Å²) in [4.78, 5) is 17.2. The molecule has 3 N–H and O–H groups in total. The van der Waals surface area contributed by atoms with Crippen molar-refractivity contribution < 1.29 is 26.7 Å². The Balaban J connectivity index is 1.42. The second kappa shape index (κ2) is 10.1. The fourth-order valence-corrected chi connectivity index (χ4v) is 8.01. The van der Waals surface area contributed by atoms with E-state index < -0.39 is 28.9 Å². The Morgan fingerprint density at radius 1 is 1.16 bits per heavy atom. The Bertz CT molecular complexity index is 1790. The van der Waals surface area contributed by atoms with Crippen LogP contribution >= 0.6 is 11.3 Å². The van der Waals surface area contributed by atoms with Crippen molar-refractivity contribution in [2.24, 2.45) is 5.41 Å². The van der Waals surface area contributed by atoms with Gasteiger partial charge < -0.3 is 20.7 Å². The fraction of sp³-hybridized carbons (Fsp3) is 0.500. The Morgan fingerprint density at radius 2 is 1.93 bits per heavy atom. The quantitative estimate of drug-likeness (QED) is 0.256. The van der Waals surface area contributed by atoms with Crippen LogP contribution in [-0.4, -0.2) is 71.3 Å². The molecule has 5 heterocycles. The molecule has 0 spiro atoms. The van der Waals surface area contributed by atoms with E-state index in [9.17, 15) is 17.6 Å². The second-order valence-electron chi connectivity index (χ2n) is 13.0. The van der Waals surface area contributed by atoms with Crippen molar-refractivity contribution in [3.05, 3.63) is 35.4 Å². The van der Waals surface area contributed by atoms with E-state index in [1.54, 1.807) is 11.9 Å². The molecule has 3 aliphatic rings. The summed E-state index contributed by atoms with van der Waals surface area (Å²) in [5.74, 6) is -1.79. The molecule has 234 valence electrons. The van der Waals surface area contributed by atoms with E-state index in [0.717, 1.165) is 61.9 Å². The Hall–Kier alpha value is -3.36. The number of nitrogens with one attached hydrogen (secondary N) is 1. The van der Waals surface area contributed by atoms with Gasteiger partial charge in [-0.3, -0.25) is 4.90 Å². The van der Waals surface area contributed by atoms with Crippen LogP contribution in [0.3, 0.4) is 0 Å². The van der Waals surface area contributed by atoms with Gasteiger partial charge in [0.1, 0.15) is 23.8 Å². The number of fused-ring (bicyclic) bond motifs is 3. The number of ether oxygens (including phenoxy) is 1. The highest BCUT2D eigenvalue weighted by molar-refractivity contribution is 7.22. The first kappa shape index (κ1) is 29.4. The smallest absolute Gasteiger partial charge is 0.417 e. The number of hydrogen-bond acceptors (Lipinski definition) is 9. The molecule has 14 heteroatoms. The van der Waals surface area contributed by atoms with Crippen LogP contribution in [0, 0.1) is 17.0 Å². The highest BCUT2D eigenvalue weighted by atomic mass is 32.1. The molecule has 3 aliphatic heterocycles. The van der Waals surface area contributed by atoms with E-state index in [0.29, 0.717) is 13.1 Å². The van der Waals surface area contributed by atoms with Crippen LogP contribution in [0.4, 0.5) is 32.9 Å². The third kappa shape index (κ3) is 4.72. The van der Waals surface area contributed by atoms with Crippen LogP contribution in [-0.2, 0) is 6.18 Å². The van der Waals surface area contributed by atoms with Gasteiger partial charge in [0.2, 0.25) is 0 Å². The van der Waals surface area contributed by atoms with Crippen molar-refractivity contribution in [1.82, 2.24) is 25.2 Å². The zero-order chi connectivity index (χ0) is 31.2. The van der Waals surface area contributed by atoms with Crippen molar-refractivity contribution in [3.63, 3.8) is 0 Å². The summed E-state index contributed by atoms with van der Waals surface area (Å²) in [5.41, 5.74) is 2.97. The lowest BCUT2D eigenvalue weighted by molar-refractivity contribution is -0.137. The second-order valence-corrected chi connectivity index (χ2v) is 14.0. The van der Waals surface area contributed by atoms with Gasteiger partial charge in [0, 0.05) is 43.2 Å². The van der Waals surface area contributed by atoms with Gasteiger partial charge >= 0.3 is 12.2 Å². The van der Waals surface area contributed by atoms with Gasteiger partial charge in [0.25, 0.3) is 0 Å². The normalized spacial score (nSPS) is 22.1. The van der Waals surface area contributed by atoms with Crippen molar-refractivity contribution >= 4 is 43.4 Å². The van der Waals surface area contributed by atoms with Crippen molar-refractivity contribution in [3.8, 4) is 17.1 Å². The van der Waals surface area contributed by atoms with Crippen LogP contribution in [0.25, 0.3) is 32.2 Å². The Labute approximate surface area is 254 Å². The number of alkyl halides is 3. The topological polar surface area (TPSA) is 92.4 Å². The van der Waals surface area contributed by atoms with Crippen molar-refractivity contribution in [2.45, 2.75) is 50.9 Å². The maximum Gasteiger partial charge on any atom is 0.417 e. The monoisotopic (exact) mass is 633 g/mol. The molecule has 2 aromatic carbocycles. The molecule has 1 atom stereocenters. The number of likely N-dealkylation sites (N-methyl/N-ethyl adjacent to an activating group) is 1. The predicted octanol–water partition coefficient (Wildman–Crippen LogP) is 5.84. The van der Waals surface area contributed by atoms with Gasteiger partial charge in [-0.25, -0.2) is 13.8 Å². The molecular formula is C30H32F5N7OS. The summed E-state index contributed by atoms with van der Waals surface area (Å²) in [5, 5.41) is 3.00. The highest BCUT2D eigenvalue weighted by Crippen LogP contribution is 2.48. The van der Waals surface area contributed by atoms with Gasteiger partial charge in [-0.2, -0.15) is 23.1 Å². The summed E-state index contributed by atoms with van der Waals surface area (Å²) < 4.78 is 81.5. The minimum absolute atomic E-state index is 0.0486. The third-order valence-corrected chi connectivity index (χ3v) is 10.1. The summed E-state index contributed by atoms with van der Waals surface area (Å²) in [6.45, 7) is 7.80. The van der Waals surface area contributed by atoms with Crippen LogP contribution in [0.15, 0.2) is 18.2 Å². The number of nitrogens with zero attached hydrogens (tertiary/aromatic N) is 5. The number of halogens is 5. The Morgan fingerprint density at radius 3 is 2.64 bits per heavy atom. The van der Waals surface area contributed by atoms with E-state index in [-0.39, 0.29) is 67.2 Å². The lowest BCUT2D eigenvalue weighted by Gasteiger charge is -2.37. The zero-order valence-corrected chi connectivity index (χ0v) is 25.3. The summed E-state index contributed by atoms with van der Waals surface area (Å²) in [6.07, 6.45) is -2.07. The maximum absolute atomic E-state index is 16.7. The largest absolute Gasteiger partial charge is 0.461 e. The molecule has 0 radical (unpaired) electrons. The highest BCUT2D eigenvalue weighted by Gasteiger charge is 2.52. The van der Waals surface area contributed by atoms with Gasteiger partial charge in [0.05, 0.1) is 27.4 Å². The van der Waals surface area contributed by atoms with E-state index in [1.165, 1.54) is 0 Å². The summed E-state index contributed by atoms with van der Waals surface area (Å²) in [7, 11) is 1.72. The average Bonchev–Trinajstić information content (AvgIpc) is 3.56. The molecule has 1 unspecified atom stereocenters. The molecule has 0 saturated carbocycles. The van der Waals surface area contributed by atoms with Crippen molar-refractivity contribution in [2.75, 3.05) is 50.5 Å². The van der Waals surface area contributed by atoms with E-state index in [1.807, 2.05) is 0 Å². The Kier molecular flexibility index (Phi) is 6.72. The molecule has 3 saturated heterocycles. The number of hydrogen-bond donors (Lipinski definition) is 2. The number of thiazole rings is 1. The molecule has 2 aromatic heterocycles. The number of benzene rings is 2. The molecule has 7 rings (SSSR count). The molecule has 8 nitrogen and oxygen atoms in total. The van der Waals surface area contributed by atoms with Gasteiger partial charge in [-0.05, 0) is 49.4 Å². The van der Waals surface area contributed by atoms with Crippen LogP contribution in [0.2, 0.25) is 0 Å². The minimum Gasteiger partial charge on any atom is -0.461 e. The first-order valence-corrected chi connectivity index (χ1v) is 15.4. The first-order valence-electron chi connectivity index (χ1n) is 14.5. The first-order chi connectivity index (χ1) is 20.8. The third-order valence-electron chi connectivity index (χ3n) is 9.26. The molecule has 0 aliphatic carbocycles. The standard InChI is InChI=1S/C30H32F5N7OS/c1-28(2)12-29(7-4-8-42(29)13-28)14-43-27-39-22-17(25(40-27)41(3)15-10-37-11-15)9-18(30(33,34)35)20(21(22)32)16-5-6-19(31)24-23(16)38-26(36)44-24/h5-6,9,15,37H,4,7-8,10-14H2,1-3H3,(H2,36,38). The number of aromatic nitrogens is 3. The SMILES string of the molecule is CN(c1nc(OCC23CCCN2CC(C)(C)C3)nc2c(F)c(-c3ccc(F)c4sc(N)nc34)c(C(F)(F)F)cc12)C1CNC1. The molecular weight excluding hydrogens is 601 g/mol. The van der Waals surface area contributed by atoms with Crippen LogP contribution < -0.4 is 20.7 Å². The van der Waals surface area contributed by atoms with Crippen LogP contribution in [0.5, 0.6) is 6.01 Å². The van der Waals surface area contributed by atoms with Crippen LogP contribution in [0.1, 0.15) is 38.7 Å². The van der Waals surface area contributed by atoms with Gasteiger partial charge in [-0.15, -0.1) is 0 Å². The summed E-state index contributed by atoms with van der Waals surface area (Å²) in [6, 6.07) is 2.79. The molecule has 0 amide bonds. The lowest BCUT2D eigenvalue weighted by Crippen LogP contribution is -2.56. The predicted molar refractivity (Wildman–Crippen MR) is 160 cm³/mol. The maximum atomic E-state index is 16.7. The number of nitrogen functional groups attached to an aromatic ring is 1. The van der Waals surface area contributed by atoms with Gasteiger partial charge in [-0.1, -0.05) is 25.2 Å². The molecule has 0 bridgehead atoms. The van der Waals surface area contributed by atoms with E-state index in [2.05, 4.69) is 39.0 Å². The number of nitrogens with two attached hydrogens (primary N) is 1. The molecule has 4 aromatic rings. The van der Waals surface area contributed by atoms with Gasteiger partial charge in [0.15, 0.2) is 10.9 Å². The molecule has 3 fully saturated rings. The van der Waals surface area contributed by atoms with E-state index in [4.69, 9.17) is 10.5 Å². The lowest BCUT2D eigenvalue weighted by atomic mass is 9.83. The minimum atomic E-state index is -4.96. The fourth-order valence-electron chi connectivity index (χ4n) is 7.24. The summed E-state index contributed by atoms with van der Waals surface area (Å²) >= 11 is 0.782.